The number of carbonyl (C=O) groups is 1. The Morgan fingerprint density at radius 3 is 2.52 bits per heavy atom. The second kappa shape index (κ2) is 6.35. The van der Waals surface area contributed by atoms with Crippen LogP contribution in [-0.2, 0) is 6.54 Å². The van der Waals surface area contributed by atoms with Gasteiger partial charge in [0.15, 0.2) is 11.6 Å². The van der Waals surface area contributed by atoms with Gasteiger partial charge in [0.1, 0.15) is 0 Å². The first-order chi connectivity index (χ1) is 9.97. The van der Waals surface area contributed by atoms with Gasteiger partial charge in [0.2, 0.25) is 0 Å². The molecular formula is C16H16F2N2O. The Morgan fingerprint density at radius 1 is 1.10 bits per heavy atom. The third kappa shape index (κ3) is 3.78. The molecule has 0 radical (unpaired) electrons. The Bertz CT molecular complexity index is 656. The zero-order chi connectivity index (χ0) is 15.4. The smallest absolute Gasteiger partial charge is 0.251 e. The lowest BCUT2D eigenvalue weighted by Crippen LogP contribution is -2.23. The standard InChI is InChI=1S/C16H16F2N2O/c1-20(2)13-5-3-4-12(9-13)16(21)19-10-11-6-7-14(17)15(18)8-11/h3-9H,10H2,1-2H3,(H,19,21). The number of nitrogens with zero attached hydrogens (tertiary/aromatic N) is 1. The van der Waals surface area contributed by atoms with E-state index in [1.165, 1.54) is 6.07 Å². The first-order valence-electron chi connectivity index (χ1n) is 6.47. The monoisotopic (exact) mass is 290 g/mol. The highest BCUT2D eigenvalue weighted by atomic mass is 19.2. The Balaban J connectivity index is 2.04. The van der Waals surface area contributed by atoms with E-state index in [1.807, 2.05) is 25.1 Å². The van der Waals surface area contributed by atoms with Crippen molar-refractivity contribution in [3.8, 4) is 0 Å². The van der Waals surface area contributed by atoms with Crippen LogP contribution in [0, 0.1) is 11.6 Å². The Morgan fingerprint density at radius 2 is 1.86 bits per heavy atom. The van der Waals surface area contributed by atoms with Crippen molar-refractivity contribution in [1.29, 1.82) is 0 Å². The fourth-order valence-electron chi connectivity index (χ4n) is 1.86. The predicted octanol–water partition coefficient (Wildman–Crippen LogP) is 2.96. The molecule has 0 aliphatic heterocycles. The molecule has 0 saturated heterocycles. The van der Waals surface area contributed by atoms with Crippen molar-refractivity contribution in [1.82, 2.24) is 5.32 Å². The summed E-state index contributed by atoms with van der Waals surface area (Å²) in [5.74, 6) is -2.08. The molecule has 3 nitrogen and oxygen atoms in total. The van der Waals surface area contributed by atoms with Crippen LogP contribution in [0.1, 0.15) is 15.9 Å². The van der Waals surface area contributed by atoms with Crippen LogP contribution in [-0.4, -0.2) is 20.0 Å². The predicted molar refractivity (Wildman–Crippen MR) is 78.3 cm³/mol. The van der Waals surface area contributed by atoms with Crippen molar-refractivity contribution in [2.24, 2.45) is 0 Å². The number of amides is 1. The minimum atomic E-state index is -0.920. The van der Waals surface area contributed by atoms with Crippen molar-refractivity contribution >= 4 is 11.6 Å². The molecule has 0 saturated carbocycles. The molecule has 0 heterocycles. The summed E-state index contributed by atoms with van der Waals surface area (Å²) in [5.41, 5.74) is 1.94. The number of carbonyl (C=O) groups excluding carboxylic acids is 1. The zero-order valence-corrected chi connectivity index (χ0v) is 11.9. The van der Waals surface area contributed by atoms with E-state index in [4.69, 9.17) is 0 Å². The highest BCUT2D eigenvalue weighted by molar-refractivity contribution is 5.95. The van der Waals surface area contributed by atoms with Crippen molar-refractivity contribution in [3.05, 3.63) is 65.2 Å². The number of benzene rings is 2. The van der Waals surface area contributed by atoms with Gasteiger partial charge in [-0.05, 0) is 35.9 Å². The lowest BCUT2D eigenvalue weighted by molar-refractivity contribution is 0.0951. The van der Waals surface area contributed by atoms with Gasteiger partial charge in [0, 0.05) is 31.9 Å². The van der Waals surface area contributed by atoms with Crippen LogP contribution in [0.15, 0.2) is 42.5 Å². The molecule has 0 unspecified atom stereocenters. The minimum Gasteiger partial charge on any atom is -0.378 e. The van der Waals surface area contributed by atoms with Crippen LogP contribution < -0.4 is 10.2 Å². The fourth-order valence-corrected chi connectivity index (χ4v) is 1.86. The molecular weight excluding hydrogens is 274 g/mol. The van der Waals surface area contributed by atoms with E-state index in [9.17, 15) is 13.6 Å². The molecule has 0 aliphatic rings. The van der Waals surface area contributed by atoms with Crippen LogP contribution in [0.2, 0.25) is 0 Å². The Labute approximate surface area is 122 Å². The molecule has 110 valence electrons. The quantitative estimate of drug-likeness (QED) is 0.939. The number of nitrogens with one attached hydrogen (secondary N) is 1. The summed E-state index contributed by atoms with van der Waals surface area (Å²) in [6.07, 6.45) is 0. The highest BCUT2D eigenvalue weighted by Crippen LogP contribution is 2.14. The summed E-state index contributed by atoms with van der Waals surface area (Å²) in [4.78, 5) is 13.9. The lowest BCUT2D eigenvalue weighted by atomic mass is 10.1. The summed E-state index contributed by atoms with van der Waals surface area (Å²) < 4.78 is 25.9. The molecule has 1 amide bonds. The van der Waals surface area contributed by atoms with Gasteiger partial charge in [-0.2, -0.15) is 0 Å². The van der Waals surface area contributed by atoms with Crippen molar-refractivity contribution < 1.29 is 13.6 Å². The second-order valence-corrected chi connectivity index (χ2v) is 4.88. The van der Waals surface area contributed by atoms with Gasteiger partial charge in [-0.1, -0.05) is 12.1 Å². The van der Waals surface area contributed by atoms with Crippen LogP contribution >= 0.6 is 0 Å². The first kappa shape index (κ1) is 15.0. The highest BCUT2D eigenvalue weighted by Gasteiger charge is 2.08. The average Bonchev–Trinajstić information content (AvgIpc) is 2.48. The van der Waals surface area contributed by atoms with E-state index < -0.39 is 11.6 Å². The zero-order valence-electron chi connectivity index (χ0n) is 11.9. The number of halogens is 2. The molecule has 0 fully saturated rings. The van der Waals surface area contributed by atoms with Gasteiger partial charge < -0.3 is 10.2 Å². The van der Waals surface area contributed by atoms with Gasteiger partial charge in [0.25, 0.3) is 5.91 Å². The maximum atomic E-state index is 13.1. The number of hydrogen-bond donors (Lipinski definition) is 1. The maximum Gasteiger partial charge on any atom is 0.251 e. The SMILES string of the molecule is CN(C)c1cccc(C(=O)NCc2ccc(F)c(F)c2)c1. The van der Waals surface area contributed by atoms with Crippen LogP contribution in [0.5, 0.6) is 0 Å². The Hall–Kier alpha value is -2.43. The summed E-state index contributed by atoms with van der Waals surface area (Å²) >= 11 is 0. The largest absolute Gasteiger partial charge is 0.378 e. The van der Waals surface area contributed by atoms with Crippen molar-refractivity contribution in [2.45, 2.75) is 6.54 Å². The molecule has 0 atom stereocenters. The molecule has 0 spiro atoms. The molecule has 2 aromatic rings. The third-order valence-electron chi connectivity index (χ3n) is 3.06. The van der Waals surface area contributed by atoms with Crippen molar-refractivity contribution in [2.75, 3.05) is 19.0 Å². The fraction of sp³-hybridized carbons (Fsp3) is 0.188. The van der Waals surface area contributed by atoms with Crippen molar-refractivity contribution in [3.63, 3.8) is 0 Å². The third-order valence-corrected chi connectivity index (χ3v) is 3.06. The summed E-state index contributed by atoms with van der Waals surface area (Å²) in [6.45, 7) is 0.141. The normalized spacial score (nSPS) is 10.3. The van der Waals surface area contributed by atoms with Gasteiger partial charge in [-0.15, -0.1) is 0 Å². The van der Waals surface area contributed by atoms with Crippen LogP contribution in [0.3, 0.4) is 0 Å². The van der Waals surface area contributed by atoms with E-state index >= 15 is 0 Å². The minimum absolute atomic E-state index is 0.141. The van der Waals surface area contributed by atoms with Gasteiger partial charge >= 0.3 is 0 Å². The van der Waals surface area contributed by atoms with Gasteiger partial charge in [-0.3, -0.25) is 4.79 Å². The molecule has 2 aromatic carbocycles. The number of hydrogen-bond acceptors (Lipinski definition) is 2. The molecule has 0 bridgehead atoms. The second-order valence-electron chi connectivity index (χ2n) is 4.88. The molecule has 0 aromatic heterocycles. The number of anilines is 1. The molecule has 5 heteroatoms. The van der Waals surface area contributed by atoms with Crippen LogP contribution in [0.25, 0.3) is 0 Å². The van der Waals surface area contributed by atoms with Gasteiger partial charge in [0.05, 0.1) is 0 Å². The molecule has 21 heavy (non-hydrogen) atoms. The summed E-state index contributed by atoms with van der Waals surface area (Å²) in [6, 6.07) is 10.7. The van der Waals surface area contributed by atoms with Crippen LogP contribution in [0.4, 0.5) is 14.5 Å². The average molecular weight is 290 g/mol. The molecule has 1 N–H and O–H groups in total. The van der Waals surface area contributed by atoms with E-state index in [2.05, 4.69) is 5.32 Å². The Kier molecular flexibility index (Phi) is 4.52. The summed E-state index contributed by atoms with van der Waals surface area (Å²) in [7, 11) is 3.77. The topological polar surface area (TPSA) is 32.3 Å². The van der Waals surface area contributed by atoms with E-state index in [1.54, 1.807) is 18.2 Å². The van der Waals surface area contributed by atoms with E-state index in [-0.39, 0.29) is 12.5 Å². The molecule has 2 rings (SSSR count). The first-order valence-corrected chi connectivity index (χ1v) is 6.47. The lowest BCUT2D eigenvalue weighted by Gasteiger charge is -2.13. The maximum absolute atomic E-state index is 13.1. The molecule has 0 aliphatic carbocycles. The van der Waals surface area contributed by atoms with E-state index in [0.29, 0.717) is 11.1 Å². The number of rotatable bonds is 4. The van der Waals surface area contributed by atoms with Gasteiger partial charge in [-0.25, -0.2) is 8.78 Å². The van der Waals surface area contributed by atoms with E-state index in [0.717, 1.165) is 17.8 Å². The summed E-state index contributed by atoms with van der Waals surface area (Å²) in [5, 5.41) is 2.68.